The van der Waals surface area contributed by atoms with E-state index >= 15 is 0 Å². The number of nitrogens with one attached hydrogen (secondary N) is 1. The van der Waals surface area contributed by atoms with Gasteiger partial charge in [-0.2, -0.15) is 0 Å². The Morgan fingerprint density at radius 1 is 1.50 bits per heavy atom. The monoisotopic (exact) mass is 281 g/mol. The molecule has 1 aromatic rings. The zero-order valence-corrected chi connectivity index (χ0v) is 11.8. The first-order chi connectivity index (χ1) is 9.47. The first-order valence-electron chi connectivity index (χ1n) is 6.22. The van der Waals surface area contributed by atoms with E-state index in [2.05, 4.69) is 10.3 Å². The third-order valence-electron chi connectivity index (χ3n) is 2.67. The van der Waals surface area contributed by atoms with Gasteiger partial charge in [0.2, 0.25) is 0 Å². The average Bonchev–Trinajstić information content (AvgIpc) is 2.39. The molecule has 0 aliphatic rings. The second-order valence-electron chi connectivity index (χ2n) is 4.41. The van der Waals surface area contributed by atoms with Gasteiger partial charge in [0.25, 0.3) is 0 Å². The predicted molar refractivity (Wildman–Crippen MR) is 73.9 cm³/mol. The van der Waals surface area contributed by atoms with Gasteiger partial charge in [0, 0.05) is 25.9 Å². The number of urea groups is 1. The predicted octanol–water partition coefficient (Wildman–Crippen LogP) is 1.67. The summed E-state index contributed by atoms with van der Waals surface area (Å²) >= 11 is 0. The summed E-state index contributed by atoms with van der Waals surface area (Å²) in [5.41, 5.74) is -0.00985. The molecule has 110 valence electrons. The van der Waals surface area contributed by atoms with Crippen molar-refractivity contribution in [3.05, 3.63) is 24.0 Å². The Balaban J connectivity index is 2.85. The topological polar surface area (TPSA) is 91.8 Å². The van der Waals surface area contributed by atoms with Crippen LogP contribution in [0, 0.1) is 0 Å². The molecule has 0 bridgehead atoms. The number of nitrogens with zero attached hydrogens (tertiary/aromatic N) is 2. The fourth-order valence-electron chi connectivity index (χ4n) is 1.65. The molecule has 1 aromatic heterocycles. The molecule has 1 heterocycles. The van der Waals surface area contributed by atoms with Crippen molar-refractivity contribution in [1.29, 1.82) is 0 Å². The van der Waals surface area contributed by atoms with Crippen LogP contribution in [0.3, 0.4) is 0 Å². The number of rotatable bonds is 6. The summed E-state index contributed by atoms with van der Waals surface area (Å²) in [5.74, 6) is -1.19. The summed E-state index contributed by atoms with van der Waals surface area (Å²) < 4.78 is 4.96. The summed E-state index contributed by atoms with van der Waals surface area (Å²) in [6.07, 6.45) is 1.37. The Morgan fingerprint density at radius 3 is 2.75 bits per heavy atom. The summed E-state index contributed by atoms with van der Waals surface area (Å²) in [5, 5.41) is 11.6. The Kier molecular flexibility index (Phi) is 5.92. The molecule has 0 aromatic carbocycles. The van der Waals surface area contributed by atoms with Crippen molar-refractivity contribution >= 4 is 17.7 Å². The first kappa shape index (κ1) is 15.9. The molecule has 0 spiro atoms. The number of carbonyl (C=O) groups is 2. The number of anilines is 1. The zero-order chi connectivity index (χ0) is 15.1. The zero-order valence-electron chi connectivity index (χ0n) is 11.8. The van der Waals surface area contributed by atoms with Gasteiger partial charge in [0.1, 0.15) is 0 Å². The Morgan fingerprint density at radius 2 is 2.20 bits per heavy atom. The molecule has 2 amide bonds. The smallest absolute Gasteiger partial charge is 0.356 e. The number of carboxylic acid groups (broad SMARTS) is 1. The van der Waals surface area contributed by atoms with Crippen molar-refractivity contribution in [2.24, 2.45) is 0 Å². The second kappa shape index (κ2) is 7.44. The molecule has 0 fully saturated rings. The molecule has 0 saturated carbocycles. The molecule has 2 N–H and O–H groups in total. The van der Waals surface area contributed by atoms with Gasteiger partial charge in [-0.15, -0.1) is 0 Å². The summed E-state index contributed by atoms with van der Waals surface area (Å²) in [7, 11) is 1.56. The van der Waals surface area contributed by atoms with E-state index in [1.807, 2.05) is 13.8 Å². The fraction of sp³-hybridized carbons (Fsp3) is 0.462. The lowest BCUT2D eigenvalue weighted by atomic mass is 10.3. The van der Waals surface area contributed by atoms with Gasteiger partial charge in [0.15, 0.2) is 5.69 Å². The second-order valence-corrected chi connectivity index (χ2v) is 4.41. The van der Waals surface area contributed by atoms with Gasteiger partial charge in [-0.1, -0.05) is 0 Å². The molecule has 7 heteroatoms. The highest BCUT2D eigenvalue weighted by Gasteiger charge is 2.19. The van der Waals surface area contributed by atoms with Gasteiger partial charge >= 0.3 is 12.0 Å². The SMILES string of the molecule is COCCN(C(=O)Nc1cccnc1C(=O)O)C(C)C. The average molecular weight is 281 g/mol. The molecule has 20 heavy (non-hydrogen) atoms. The van der Waals surface area contributed by atoms with E-state index in [1.54, 1.807) is 18.1 Å². The third-order valence-corrected chi connectivity index (χ3v) is 2.67. The van der Waals surface area contributed by atoms with Crippen molar-refractivity contribution < 1.29 is 19.4 Å². The van der Waals surface area contributed by atoms with Crippen molar-refractivity contribution in [3.8, 4) is 0 Å². The lowest BCUT2D eigenvalue weighted by Crippen LogP contribution is -2.42. The van der Waals surface area contributed by atoms with Crippen LogP contribution in [0.2, 0.25) is 0 Å². The highest BCUT2D eigenvalue weighted by atomic mass is 16.5. The minimum absolute atomic E-state index is 0.0323. The number of pyridine rings is 1. The summed E-state index contributed by atoms with van der Waals surface area (Å²) in [4.78, 5) is 28.5. The van der Waals surface area contributed by atoms with Crippen LogP contribution < -0.4 is 5.32 Å². The van der Waals surface area contributed by atoms with Crippen molar-refractivity contribution in [1.82, 2.24) is 9.88 Å². The lowest BCUT2D eigenvalue weighted by molar-refractivity contribution is 0.0691. The minimum atomic E-state index is -1.19. The molecule has 0 aliphatic carbocycles. The van der Waals surface area contributed by atoms with E-state index in [4.69, 9.17) is 9.84 Å². The van der Waals surface area contributed by atoms with Crippen molar-refractivity contribution in [3.63, 3.8) is 0 Å². The van der Waals surface area contributed by atoms with E-state index in [-0.39, 0.29) is 23.5 Å². The normalized spacial score (nSPS) is 10.4. The maximum atomic E-state index is 12.2. The standard InChI is InChI=1S/C13H19N3O4/c1-9(2)16(7-8-20-3)13(19)15-10-5-4-6-14-11(10)12(17)18/h4-6,9H,7-8H2,1-3H3,(H,15,19)(H,17,18). The Hall–Kier alpha value is -2.15. The van der Waals surface area contributed by atoms with Crippen LogP contribution >= 0.6 is 0 Å². The largest absolute Gasteiger partial charge is 0.476 e. The van der Waals surface area contributed by atoms with Gasteiger partial charge in [-0.05, 0) is 26.0 Å². The number of ether oxygens (including phenoxy) is 1. The third kappa shape index (κ3) is 4.20. The number of carbonyl (C=O) groups excluding carboxylic acids is 1. The number of hydrogen-bond acceptors (Lipinski definition) is 4. The van der Waals surface area contributed by atoms with Crippen LogP contribution in [0.15, 0.2) is 18.3 Å². The van der Waals surface area contributed by atoms with Gasteiger partial charge < -0.3 is 20.1 Å². The number of carboxylic acids is 1. The molecule has 0 atom stereocenters. The quantitative estimate of drug-likeness (QED) is 0.827. The van der Waals surface area contributed by atoms with Crippen LogP contribution in [-0.2, 0) is 4.74 Å². The van der Waals surface area contributed by atoms with E-state index in [0.29, 0.717) is 13.2 Å². The highest BCUT2D eigenvalue weighted by Crippen LogP contribution is 2.13. The maximum Gasteiger partial charge on any atom is 0.356 e. The molecule has 0 saturated heterocycles. The number of hydrogen-bond donors (Lipinski definition) is 2. The Labute approximate surface area is 117 Å². The number of amides is 2. The van der Waals surface area contributed by atoms with Crippen molar-refractivity contribution in [2.75, 3.05) is 25.6 Å². The Bertz CT molecular complexity index is 476. The van der Waals surface area contributed by atoms with Gasteiger partial charge in [0.05, 0.1) is 12.3 Å². The lowest BCUT2D eigenvalue weighted by Gasteiger charge is -2.26. The molecule has 0 radical (unpaired) electrons. The van der Waals surface area contributed by atoms with Gasteiger partial charge in [-0.25, -0.2) is 14.6 Å². The number of methoxy groups -OCH3 is 1. The minimum Gasteiger partial charge on any atom is -0.476 e. The van der Waals surface area contributed by atoms with E-state index < -0.39 is 5.97 Å². The van der Waals surface area contributed by atoms with Crippen LogP contribution in [-0.4, -0.2) is 53.3 Å². The van der Waals surface area contributed by atoms with Crippen LogP contribution in [0.4, 0.5) is 10.5 Å². The molecule has 7 nitrogen and oxygen atoms in total. The first-order valence-corrected chi connectivity index (χ1v) is 6.22. The fourth-order valence-corrected chi connectivity index (χ4v) is 1.65. The summed E-state index contributed by atoms with van der Waals surface area (Å²) in [6, 6.07) is 2.66. The summed E-state index contributed by atoms with van der Waals surface area (Å²) in [6.45, 7) is 4.57. The molecule has 0 unspecified atom stereocenters. The van der Waals surface area contributed by atoms with Crippen LogP contribution in [0.25, 0.3) is 0 Å². The van der Waals surface area contributed by atoms with Gasteiger partial charge in [-0.3, -0.25) is 0 Å². The molecular formula is C13H19N3O4. The number of aromatic carboxylic acids is 1. The van der Waals surface area contributed by atoms with Crippen LogP contribution in [0.1, 0.15) is 24.3 Å². The number of aromatic nitrogens is 1. The van der Waals surface area contributed by atoms with E-state index in [9.17, 15) is 9.59 Å². The molecule has 1 rings (SSSR count). The molecular weight excluding hydrogens is 262 g/mol. The van der Waals surface area contributed by atoms with Crippen molar-refractivity contribution in [2.45, 2.75) is 19.9 Å². The van der Waals surface area contributed by atoms with E-state index in [0.717, 1.165) is 0 Å². The van der Waals surface area contributed by atoms with E-state index in [1.165, 1.54) is 12.3 Å². The van der Waals surface area contributed by atoms with Crippen LogP contribution in [0.5, 0.6) is 0 Å². The molecule has 0 aliphatic heterocycles. The highest BCUT2D eigenvalue weighted by molar-refractivity contribution is 5.98. The maximum absolute atomic E-state index is 12.2.